The van der Waals surface area contributed by atoms with Crippen molar-refractivity contribution in [1.82, 2.24) is 9.78 Å². The lowest BCUT2D eigenvalue weighted by molar-refractivity contribution is 0.269. The summed E-state index contributed by atoms with van der Waals surface area (Å²) in [7, 11) is -2.46. The summed E-state index contributed by atoms with van der Waals surface area (Å²) < 4.78 is 40.2. The first-order valence-corrected chi connectivity index (χ1v) is 7.27. The molecule has 0 radical (unpaired) electrons. The third-order valence-electron chi connectivity index (χ3n) is 2.77. The van der Waals surface area contributed by atoms with E-state index in [0.29, 0.717) is 0 Å². The van der Waals surface area contributed by atoms with E-state index in [4.69, 9.17) is 5.11 Å². The molecule has 0 bridgehead atoms. The number of anilines is 1. The summed E-state index contributed by atoms with van der Waals surface area (Å²) in [4.78, 5) is -0.0160. The fourth-order valence-electron chi connectivity index (χ4n) is 1.67. The molecule has 1 N–H and O–H groups in total. The van der Waals surface area contributed by atoms with E-state index >= 15 is 0 Å². The minimum Gasteiger partial charge on any atom is -0.394 e. The minimum absolute atomic E-state index is 0.0160. The maximum absolute atomic E-state index is 13.2. The summed E-state index contributed by atoms with van der Waals surface area (Å²) in [6.07, 6.45) is 2.52. The summed E-state index contributed by atoms with van der Waals surface area (Å²) in [6.45, 7) is 0.0695. The second-order valence-electron chi connectivity index (χ2n) is 4.12. The van der Waals surface area contributed by atoms with Crippen molar-refractivity contribution in [2.45, 2.75) is 11.4 Å². The quantitative estimate of drug-likeness (QED) is 0.887. The van der Waals surface area contributed by atoms with Gasteiger partial charge in [-0.25, -0.2) is 12.8 Å². The van der Waals surface area contributed by atoms with Gasteiger partial charge in [0.05, 0.1) is 25.0 Å². The molecule has 1 aromatic heterocycles. The molecule has 0 amide bonds. The maximum Gasteiger partial charge on any atom is 0.267 e. The number of benzene rings is 1. The highest BCUT2D eigenvalue weighted by atomic mass is 32.2. The van der Waals surface area contributed by atoms with E-state index < -0.39 is 15.8 Å². The Hall–Kier alpha value is -1.93. The zero-order valence-corrected chi connectivity index (χ0v) is 11.6. The maximum atomic E-state index is 13.2. The Labute approximate surface area is 116 Å². The lowest BCUT2D eigenvalue weighted by Crippen LogP contribution is -2.26. The van der Waals surface area contributed by atoms with Crippen LogP contribution >= 0.6 is 0 Å². The van der Waals surface area contributed by atoms with Crippen molar-refractivity contribution < 1.29 is 17.9 Å². The number of aliphatic hydroxyl groups is 1. The van der Waals surface area contributed by atoms with Gasteiger partial charge in [0.25, 0.3) is 10.0 Å². The molecule has 20 heavy (non-hydrogen) atoms. The third-order valence-corrected chi connectivity index (χ3v) is 4.51. The van der Waals surface area contributed by atoms with Crippen molar-refractivity contribution >= 4 is 15.7 Å². The summed E-state index contributed by atoms with van der Waals surface area (Å²) >= 11 is 0. The molecule has 6 nitrogen and oxygen atoms in total. The Morgan fingerprint density at radius 3 is 2.85 bits per heavy atom. The summed E-state index contributed by atoms with van der Waals surface area (Å²) in [5.41, 5.74) is 0.222. The largest absolute Gasteiger partial charge is 0.394 e. The number of sulfonamides is 1. The average molecular weight is 299 g/mol. The zero-order valence-electron chi connectivity index (χ0n) is 10.8. The van der Waals surface area contributed by atoms with Gasteiger partial charge in [-0.2, -0.15) is 5.10 Å². The van der Waals surface area contributed by atoms with Gasteiger partial charge in [-0.15, -0.1) is 0 Å². The molecule has 108 valence electrons. The molecule has 2 rings (SSSR count). The molecule has 1 heterocycles. The Bertz CT molecular complexity index is 699. The lowest BCUT2D eigenvalue weighted by atomic mass is 10.3. The van der Waals surface area contributed by atoms with Crippen LogP contribution in [-0.2, 0) is 16.6 Å². The van der Waals surface area contributed by atoms with Crippen molar-refractivity contribution in [3.63, 3.8) is 0 Å². The first-order chi connectivity index (χ1) is 9.45. The van der Waals surface area contributed by atoms with Gasteiger partial charge >= 0.3 is 0 Å². The van der Waals surface area contributed by atoms with Gasteiger partial charge in [-0.05, 0) is 18.2 Å². The van der Waals surface area contributed by atoms with Gasteiger partial charge < -0.3 is 5.11 Å². The van der Waals surface area contributed by atoms with Crippen molar-refractivity contribution in [2.75, 3.05) is 18.0 Å². The van der Waals surface area contributed by atoms with E-state index in [9.17, 15) is 12.8 Å². The number of aliphatic hydroxyl groups excluding tert-OH is 1. The smallest absolute Gasteiger partial charge is 0.267 e. The van der Waals surface area contributed by atoms with Crippen LogP contribution < -0.4 is 4.31 Å². The zero-order chi connectivity index (χ0) is 14.8. The number of aromatic nitrogens is 2. The molecule has 0 aliphatic heterocycles. The molecule has 0 fully saturated rings. The number of hydrogen-bond acceptors (Lipinski definition) is 4. The van der Waals surface area contributed by atoms with E-state index in [0.717, 1.165) is 10.4 Å². The number of nitrogens with zero attached hydrogens (tertiary/aromatic N) is 3. The van der Waals surface area contributed by atoms with Crippen molar-refractivity contribution in [2.24, 2.45) is 0 Å². The van der Waals surface area contributed by atoms with E-state index in [1.807, 2.05) is 0 Å². The second kappa shape index (κ2) is 5.59. The standard InChI is InChI=1S/C12H14FN3O3S/c1-15(11-4-2-3-10(13)7-11)20(18,19)12-8-14-16(9-12)5-6-17/h2-4,7-9,17H,5-6H2,1H3. The molecule has 0 unspecified atom stereocenters. The molecule has 8 heteroatoms. The number of halogens is 1. The van der Waals surface area contributed by atoms with Crippen LogP contribution in [0.5, 0.6) is 0 Å². The molecule has 0 atom stereocenters. The normalized spacial score (nSPS) is 11.6. The van der Waals surface area contributed by atoms with Gasteiger partial charge in [-0.3, -0.25) is 8.99 Å². The highest BCUT2D eigenvalue weighted by Crippen LogP contribution is 2.22. The van der Waals surface area contributed by atoms with E-state index in [1.165, 1.54) is 42.3 Å². The van der Waals surface area contributed by atoms with Gasteiger partial charge in [0, 0.05) is 13.2 Å². The fraction of sp³-hybridized carbons (Fsp3) is 0.250. The van der Waals surface area contributed by atoms with Crippen LogP contribution in [0.4, 0.5) is 10.1 Å². The second-order valence-corrected chi connectivity index (χ2v) is 6.08. The molecule has 0 spiro atoms. The van der Waals surface area contributed by atoms with E-state index in [2.05, 4.69) is 5.10 Å². The summed E-state index contributed by atoms with van der Waals surface area (Å²) in [5.74, 6) is -0.513. The van der Waals surface area contributed by atoms with Crippen LogP contribution in [-0.4, -0.2) is 37.0 Å². The molecule has 0 aliphatic carbocycles. The summed E-state index contributed by atoms with van der Waals surface area (Å²) in [6, 6.07) is 5.31. The fourth-order valence-corrected chi connectivity index (χ4v) is 2.81. The number of rotatable bonds is 5. The van der Waals surface area contributed by atoms with Crippen molar-refractivity contribution in [3.8, 4) is 0 Å². The van der Waals surface area contributed by atoms with Crippen molar-refractivity contribution in [1.29, 1.82) is 0 Å². The first kappa shape index (κ1) is 14.5. The van der Waals surface area contributed by atoms with Gasteiger partial charge in [0.1, 0.15) is 10.7 Å². The monoisotopic (exact) mass is 299 g/mol. The highest BCUT2D eigenvalue weighted by Gasteiger charge is 2.23. The topological polar surface area (TPSA) is 75.4 Å². The molecule has 2 aromatic rings. The molecular weight excluding hydrogens is 285 g/mol. The van der Waals surface area contributed by atoms with Crippen LogP contribution in [0.15, 0.2) is 41.6 Å². The minimum atomic E-state index is -3.80. The molecule has 0 saturated carbocycles. The van der Waals surface area contributed by atoms with Gasteiger partial charge in [0.15, 0.2) is 0 Å². The third kappa shape index (κ3) is 2.81. The Balaban J connectivity index is 2.33. The number of hydrogen-bond donors (Lipinski definition) is 1. The van der Waals surface area contributed by atoms with Crippen molar-refractivity contribution in [3.05, 3.63) is 42.5 Å². The Kier molecular flexibility index (Phi) is 4.05. The Morgan fingerprint density at radius 1 is 1.45 bits per heavy atom. The van der Waals surface area contributed by atoms with Crippen LogP contribution in [0.2, 0.25) is 0 Å². The van der Waals surface area contributed by atoms with Crippen LogP contribution in [0.3, 0.4) is 0 Å². The van der Waals surface area contributed by atoms with E-state index in [-0.39, 0.29) is 23.7 Å². The first-order valence-electron chi connectivity index (χ1n) is 5.83. The molecular formula is C12H14FN3O3S. The van der Waals surface area contributed by atoms with Gasteiger partial charge in [-0.1, -0.05) is 6.07 Å². The van der Waals surface area contributed by atoms with Crippen LogP contribution in [0, 0.1) is 5.82 Å². The molecule has 1 aromatic carbocycles. The molecule has 0 aliphatic rings. The SMILES string of the molecule is CN(c1cccc(F)c1)S(=O)(=O)c1cnn(CCO)c1. The summed E-state index contributed by atoms with van der Waals surface area (Å²) in [5, 5.41) is 12.6. The predicted octanol–water partition coefficient (Wildman–Crippen LogP) is 0.840. The highest BCUT2D eigenvalue weighted by molar-refractivity contribution is 7.92. The Morgan fingerprint density at radius 2 is 2.20 bits per heavy atom. The average Bonchev–Trinajstić information content (AvgIpc) is 2.87. The van der Waals surface area contributed by atoms with Crippen LogP contribution in [0.1, 0.15) is 0 Å². The van der Waals surface area contributed by atoms with Crippen LogP contribution in [0.25, 0.3) is 0 Å². The lowest BCUT2D eigenvalue weighted by Gasteiger charge is -2.18. The predicted molar refractivity (Wildman–Crippen MR) is 71.3 cm³/mol. The molecule has 0 saturated heterocycles. The van der Waals surface area contributed by atoms with E-state index in [1.54, 1.807) is 0 Å². The van der Waals surface area contributed by atoms with Gasteiger partial charge in [0.2, 0.25) is 0 Å².